The SMILES string of the molecule is CC(NCCn1ccc2sccc2c1=O)c1cccs1. The number of thiophene rings is 2. The van der Waals surface area contributed by atoms with Crippen molar-refractivity contribution in [2.45, 2.75) is 19.5 Å². The molecule has 0 saturated heterocycles. The summed E-state index contributed by atoms with van der Waals surface area (Å²) in [7, 11) is 0. The highest BCUT2D eigenvalue weighted by Crippen LogP contribution is 2.18. The molecule has 1 unspecified atom stereocenters. The largest absolute Gasteiger partial charge is 0.314 e. The van der Waals surface area contributed by atoms with E-state index < -0.39 is 0 Å². The molecular weight excluding hydrogens is 288 g/mol. The van der Waals surface area contributed by atoms with Crippen LogP contribution in [-0.4, -0.2) is 11.1 Å². The highest BCUT2D eigenvalue weighted by atomic mass is 32.1. The Morgan fingerprint density at radius 3 is 2.95 bits per heavy atom. The number of pyridine rings is 1. The van der Waals surface area contributed by atoms with Gasteiger partial charge in [0, 0.05) is 34.9 Å². The molecule has 0 bridgehead atoms. The second-order valence-electron chi connectivity index (χ2n) is 4.70. The zero-order valence-corrected chi connectivity index (χ0v) is 12.8. The minimum atomic E-state index is 0.106. The Labute approximate surface area is 125 Å². The van der Waals surface area contributed by atoms with Crippen molar-refractivity contribution in [1.29, 1.82) is 0 Å². The number of aromatic nitrogens is 1. The van der Waals surface area contributed by atoms with Crippen LogP contribution >= 0.6 is 22.7 Å². The number of hydrogen-bond donors (Lipinski definition) is 1. The van der Waals surface area contributed by atoms with Crippen LogP contribution in [0.25, 0.3) is 10.1 Å². The third-order valence-corrected chi connectivity index (χ3v) is 5.30. The van der Waals surface area contributed by atoms with Gasteiger partial charge in [0.1, 0.15) is 0 Å². The van der Waals surface area contributed by atoms with Gasteiger partial charge in [0.15, 0.2) is 0 Å². The normalized spacial score (nSPS) is 12.8. The van der Waals surface area contributed by atoms with Gasteiger partial charge in [-0.15, -0.1) is 22.7 Å². The van der Waals surface area contributed by atoms with Gasteiger partial charge < -0.3 is 9.88 Å². The van der Waals surface area contributed by atoms with Gasteiger partial charge in [-0.3, -0.25) is 4.79 Å². The van der Waals surface area contributed by atoms with Crippen molar-refractivity contribution < 1.29 is 0 Å². The lowest BCUT2D eigenvalue weighted by Gasteiger charge is -2.13. The lowest BCUT2D eigenvalue weighted by atomic mass is 10.3. The van der Waals surface area contributed by atoms with E-state index in [0.717, 1.165) is 16.6 Å². The topological polar surface area (TPSA) is 34.0 Å². The summed E-state index contributed by atoms with van der Waals surface area (Å²) in [5, 5.41) is 8.33. The summed E-state index contributed by atoms with van der Waals surface area (Å²) in [6, 6.07) is 8.44. The molecule has 104 valence electrons. The van der Waals surface area contributed by atoms with Gasteiger partial charge in [0.2, 0.25) is 0 Å². The Bertz CT molecular complexity index is 743. The highest BCUT2D eigenvalue weighted by molar-refractivity contribution is 7.17. The first-order chi connectivity index (χ1) is 9.75. The molecule has 3 aromatic heterocycles. The van der Waals surface area contributed by atoms with E-state index >= 15 is 0 Å². The fraction of sp³-hybridized carbons (Fsp3) is 0.267. The molecule has 0 fully saturated rings. The average Bonchev–Trinajstić information content (AvgIpc) is 3.11. The summed E-state index contributed by atoms with van der Waals surface area (Å²) in [6.07, 6.45) is 1.89. The van der Waals surface area contributed by atoms with Crippen molar-refractivity contribution >= 4 is 32.8 Å². The number of hydrogen-bond acceptors (Lipinski definition) is 4. The molecule has 0 spiro atoms. The molecule has 3 aromatic rings. The molecule has 3 rings (SSSR count). The Kier molecular flexibility index (Phi) is 4.00. The Morgan fingerprint density at radius 2 is 2.15 bits per heavy atom. The standard InChI is InChI=1S/C15H16N2OS2/c1-11(13-3-2-9-19-13)16-6-8-17-7-4-14-12(15(17)18)5-10-20-14/h2-5,7,9-11,16H,6,8H2,1H3. The van der Waals surface area contributed by atoms with Gasteiger partial charge in [-0.25, -0.2) is 0 Å². The van der Waals surface area contributed by atoms with Gasteiger partial charge in [-0.05, 0) is 35.9 Å². The second kappa shape index (κ2) is 5.91. The minimum absolute atomic E-state index is 0.106. The monoisotopic (exact) mass is 304 g/mol. The quantitative estimate of drug-likeness (QED) is 0.783. The molecule has 0 aliphatic heterocycles. The highest BCUT2D eigenvalue weighted by Gasteiger charge is 2.06. The first kappa shape index (κ1) is 13.5. The Morgan fingerprint density at radius 1 is 1.25 bits per heavy atom. The van der Waals surface area contributed by atoms with Crippen LogP contribution < -0.4 is 10.9 Å². The van der Waals surface area contributed by atoms with Gasteiger partial charge in [0.25, 0.3) is 5.56 Å². The Balaban J connectivity index is 1.65. The maximum atomic E-state index is 12.2. The number of nitrogens with zero attached hydrogens (tertiary/aromatic N) is 1. The van der Waals surface area contributed by atoms with Crippen LogP contribution in [0.1, 0.15) is 17.8 Å². The van der Waals surface area contributed by atoms with Crippen LogP contribution in [0.4, 0.5) is 0 Å². The van der Waals surface area contributed by atoms with Crippen LogP contribution in [0.5, 0.6) is 0 Å². The first-order valence-electron chi connectivity index (χ1n) is 6.59. The van der Waals surface area contributed by atoms with E-state index in [4.69, 9.17) is 0 Å². The molecule has 0 radical (unpaired) electrons. The van der Waals surface area contributed by atoms with E-state index in [2.05, 4.69) is 29.8 Å². The zero-order chi connectivity index (χ0) is 13.9. The van der Waals surface area contributed by atoms with Gasteiger partial charge >= 0.3 is 0 Å². The average molecular weight is 304 g/mol. The van der Waals surface area contributed by atoms with Crippen LogP contribution in [-0.2, 0) is 6.54 Å². The van der Waals surface area contributed by atoms with Crippen LogP contribution in [0.15, 0.2) is 46.0 Å². The molecule has 0 saturated carbocycles. The maximum Gasteiger partial charge on any atom is 0.259 e. The summed E-state index contributed by atoms with van der Waals surface area (Å²) < 4.78 is 2.84. The number of rotatable bonds is 5. The van der Waals surface area contributed by atoms with E-state index in [1.54, 1.807) is 27.2 Å². The minimum Gasteiger partial charge on any atom is -0.314 e. The maximum absolute atomic E-state index is 12.2. The smallest absolute Gasteiger partial charge is 0.259 e. The van der Waals surface area contributed by atoms with E-state index in [0.29, 0.717) is 12.6 Å². The van der Waals surface area contributed by atoms with Crippen molar-refractivity contribution in [3.63, 3.8) is 0 Å². The van der Waals surface area contributed by atoms with Crippen LogP contribution in [0.3, 0.4) is 0 Å². The predicted octanol–water partition coefficient (Wildman–Crippen LogP) is 3.48. The van der Waals surface area contributed by atoms with E-state index in [9.17, 15) is 4.79 Å². The van der Waals surface area contributed by atoms with Gasteiger partial charge in [-0.2, -0.15) is 0 Å². The molecule has 0 aliphatic carbocycles. The molecule has 0 amide bonds. The number of nitrogens with one attached hydrogen (secondary N) is 1. The third-order valence-electron chi connectivity index (χ3n) is 3.37. The lowest BCUT2D eigenvalue weighted by Crippen LogP contribution is -2.27. The third kappa shape index (κ3) is 2.70. The molecule has 0 aliphatic rings. The summed E-state index contributed by atoms with van der Waals surface area (Å²) >= 11 is 3.36. The van der Waals surface area contributed by atoms with Crippen molar-refractivity contribution in [1.82, 2.24) is 9.88 Å². The van der Waals surface area contributed by atoms with E-state index in [1.165, 1.54) is 4.88 Å². The van der Waals surface area contributed by atoms with Crippen molar-refractivity contribution in [2.75, 3.05) is 6.54 Å². The first-order valence-corrected chi connectivity index (χ1v) is 8.35. The molecule has 20 heavy (non-hydrogen) atoms. The van der Waals surface area contributed by atoms with Crippen molar-refractivity contribution in [3.8, 4) is 0 Å². The number of fused-ring (bicyclic) bond motifs is 1. The van der Waals surface area contributed by atoms with Crippen LogP contribution in [0.2, 0.25) is 0 Å². The molecule has 1 atom stereocenters. The molecule has 3 heterocycles. The molecule has 1 N–H and O–H groups in total. The molecule has 3 nitrogen and oxygen atoms in total. The summed E-state index contributed by atoms with van der Waals surface area (Å²) in [5.41, 5.74) is 0.106. The van der Waals surface area contributed by atoms with E-state index in [-0.39, 0.29) is 5.56 Å². The lowest BCUT2D eigenvalue weighted by molar-refractivity contribution is 0.531. The molecule has 5 heteroatoms. The fourth-order valence-corrected chi connectivity index (χ4v) is 3.75. The Hall–Kier alpha value is -1.43. The van der Waals surface area contributed by atoms with E-state index in [1.807, 2.05) is 23.7 Å². The molecular formula is C15H16N2OS2. The predicted molar refractivity (Wildman–Crippen MR) is 86.8 cm³/mol. The van der Waals surface area contributed by atoms with Gasteiger partial charge in [0.05, 0.1) is 5.39 Å². The van der Waals surface area contributed by atoms with Crippen LogP contribution in [0, 0.1) is 0 Å². The second-order valence-corrected chi connectivity index (χ2v) is 6.63. The van der Waals surface area contributed by atoms with Crippen molar-refractivity contribution in [2.24, 2.45) is 0 Å². The summed E-state index contributed by atoms with van der Waals surface area (Å²) in [5.74, 6) is 0. The summed E-state index contributed by atoms with van der Waals surface area (Å²) in [6.45, 7) is 3.63. The zero-order valence-electron chi connectivity index (χ0n) is 11.2. The summed E-state index contributed by atoms with van der Waals surface area (Å²) in [4.78, 5) is 13.6. The van der Waals surface area contributed by atoms with Gasteiger partial charge in [-0.1, -0.05) is 6.07 Å². The fourth-order valence-electron chi connectivity index (χ4n) is 2.22. The van der Waals surface area contributed by atoms with Crippen molar-refractivity contribution in [3.05, 3.63) is 56.5 Å². The molecule has 0 aromatic carbocycles.